The molecule has 111 heavy (non-hydrogen) atoms. The van der Waals surface area contributed by atoms with Crippen LogP contribution in [-0.2, 0) is 14.4 Å². The second kappa shape index (κ2) is 36.1. The molecule has 6 aromatic rings. The second-order valence-electron chi connectivity index (χ2n) is 36.4. The summed E-state index contributed by atoms with van der Waals surface area (Å²) in [6.45, 7) is 19.9. The van der Waals surface area contributed by atoms with Gasteiger partial charge in [0.1, 0.15) is 16.9 Å². The molecule has 6 aromatic heterocycles. The fraction of sp³-hybridized carbons (Fsp3) is 0.759. The molecule has 12 heterocycles. The van der Waals surface area contributed by atoms with E-state index in [9.17, 15) is 29.7 Å². The highest BCUT2D eigenvalue weighted by atomic mass is 16.3. The lowest BCUT2D eigenvalue weighted by Crippen LogP contribution is -2.46. The quantitative estimate of drug-likeness (QED) is 0.0440. The molecule has 0 bridgehead atoms. The zero-order valence-electron chi connectivity index (χ0n) is 68.3. The summed E-state index contributed by atoms with van der Waals surface area (Å²) < 4.78 is 7.16. The predicted octanol–water partition coefficient (Wildman–Crippen LogP) is 12.9. The molecule has 17 rings (SSSR count). The number of aliphatic hydroxyl groups excluding tert-OH is 3. The molecule has 0 unspecified atom stereocenters. The highest BCUT2D eigenvalue weighted by molar-refractivity contribution is 5.85. The number of likely N-dealkylation sites (tertiary alicyclic amines) is 6. The Hall–Kier alpha value is -6.57. The molecule has 3 amide bonds. The fourth-order valence-electron chi connectivity index (χ4n) is 21.1. The molecule has 6 N–H and O–H groups in total. The first-order chi connectivity index (χ1) is 53.9. The first-order valence-electron chi connectivity index (χ1n) is 44.3. The van der Waals surface area contributed by atoms with Crippen LogP contribution in [0.2, 0.25) is 0 Å². The molecule has 5 saturated carbocycles. The number of hydrogen-bond acceptors (Lipinski definition) is 18. The van der Waals surface area contributed by atoms with Crippen molar-refractivity contribution in [2.24, 2.45) is 29.6 Å². The maximum absolute atomic E-state index is 13.2. The van der Waals surface area contributed by atoms with Crippen LogP contribution in [0.3, 0.4) is 0 Å². The Labute approximate surface area is 659 Å². The highest BCUT2D eigenvalue weighted by Crippen LogP contribution is 2.45. The van der Waals surface area contributed by atoms with E-state index >= 15 is 0 Å². The SMILES string of the molecule is CCC[C@H](C)Nc1ncc2c(C3CCN(C(=O)[C@@H]4CCCN(C)C4)CC3)cn(C3CCC(O)CC3)c2n1.CC[C@@H]1C[C@H]1Nc1ncc2c(C3CCN(C(=O)[C@H]4CCCN(C)C4)CC3)cn(C3CCC(O)CC3)c2n1.CC[C@H]1C[C@@H]1Nc1ncc2c(C3CCN(C(=O)[C@H]4CCCN(C)C4)CC3)cn(C3CCC(O)CC3)c2n1. The van der Waals surface area contributed by atoms with E-state index in [-0.39, 0.29) is 36.1 Å². The molecular weight excluding hydrogens is 1390 g/mol. The summed E-state index contributed by atoms with van der Waals surface area (Å²) in [7, 11) is 6.39. The third-order valence-electron chi connectivity index (χ3n) is 28.3. The number of anilines is 3. The van der Waals surface area contributed by atoms with Crippen molar-refractivity contribution in [3.8, 4) is 0 Å². The molecule has 11 aliphatic rings. The summed E-state index contributed by atoms with van der Waals surface area (Å²) in [6.07, 6.45) is 43.0. The van der Waals surface area contributed by atoms with Gasteiger partial charge in [-0.3, -0.25) is 14.4 Å². The van der Waals surface area contributed by atoms with Crippen molar-refractivity contribution in [3.05, 3.63) is 53.9 Å². The number of carbonyl (C=O) groups is 3. The Bertz CT molecular complexity index is 3680. The molecule has 5 aliphatic carbocycles. The van der Waals surface area contributed by atoms with Gasteiger partial charge in [-0.25, -0.2) is 15.0 Å². The van der Waals surface area contributed by atoms with Crippen LogP contribution in [0.5, 0.6) is 0 Å². The average Bonchev–Trinajstić information content (AvgIpc) is 1.63. The van der Waals surface area contributed by atoms with Gasteiger partial charge in [0.15, 0.2) is 0 Å². The van der Waals surface area contributed by atoms with E-state index in [1.54, 1.807) is 0 Å². The molecule has 6 saturated heterocycles. The van der Waals surface area contributed by atoms with E-state index in [1.807, 2.05) is 18.6 Å². The number of aromatic nitrogens is 9. The number of hydrogen-bond donors (Lipinski definition) is 6. The largest absolute Gasteiger partial charge is 0.393 e. The first kappa shape index (κ1) is 79.7. The summed E-state index contributed by atoms with van der Waals surface area (Å²) in [5.41, 5.74) is 7.10. The Morgan fingerprint density at radius 1 is 0.423 bits per heavy atom. The zero-order chi connectivity index (χ0) is 77.0. The Balaban J connectivity index is 0.000000132. The van der Waals surface area contributed by atoms with Gasteiger partial charge < -0.3 is 74.4 Å². The third kappa shape index (κ3) is 18.9. The molecule has 0 spiro atoms. The van der Waals surface area contributed by atoms with Gasteiger partial charge in [-0.1, -0.05) is 40.0 Å². The van der Waals surface area contributed by atoms with Crippen LogP contribution in [0, 0.1) is 29.6 Å². The number of nitrogens with one attached hydrogen (secondary N) is 3. The number of piperidine rings is 6. The molecule has 11 fully saturated rings. The van der Waals surface area contributed by atoms with Gasteiger partial charge in [-0.15, -0.1) is 0 Å². The maximum Gasteiger partial charge on any atom is 0.226 e. The Morgan fingerprint density at radius 3 is 1.02 bits per heavy atom. The lowest BCUT2D eigenvalue weighted by atomic mass is 9.88. The normalized spacial score (nSPS) is 30.0. The lowest BCUT2D eigenvalue weighted by molar-refractivity contribution is -0.139. The first-order valence-corrected chi connectivity index (χ1v) is 44.3. The third-order valence-corrected chi connectivity index (χ3v) is 28.3. The van der Waals surface area contributed by atoms with E-state index in [0.717, 1.165) is 302 Å². The van der Waals surface area contributed by atoms with Crippen molar-refractivity contribution in [1.29, 1.82) is 0 Å². The van der Waals surface area contributed by atoms with Crippen LogP contribution in [0.15, 0.2) is 37.2 Å². The van der Waals surface area contributed by atoms with Gasteiger partial charge in [0.05, 0.1) is 36.1 Å². The number of rotatable bonds is 19. The Morgan fingerprint density at radius 2 is 0.730 bits per heavy atom. The van der Waals surface area contributed by atoms with Gasteiger partial charge in [-0.05, 0) is 267 Å². The lowest BCUT2D eigenvalue weighted by Gasteiger charge is -2.37. The zero-order valence-corrected chi connectivity index (χ0v) is 68.3. The van der Waals surface area contributed by atoms with E-state index in [0.29, 0.717) is 77.7 Å². The molecule has 24 nitrogen and oxygen atoms in total. The van der Waals surface area contributed by atoms with Gasteiger partial charge in [0.2, 0.25) is 35.6 Å². The highest BCUT2D eigenvalue weighted by Gasteiger charge is 2.41. The monoisotopic (exact) mass is 1530 g/mol. The van der Waals surface area contributed by atoms with Crippen molar-refractivity contribution < 1.29 is 29.7 Å². The fourth-order valence-corrected chi connectivity index (χ4v) is 21.1. The summed E-state index contributed by atoms with van der Waals surface area (Å²) in [4.78, 5) is 82.3. The number of carbonyl (C=O) groups excluding carboxylic acids is 3. The van der Waals surface area contributed by atoms with Gasteiger partial charge in [0, 0.05) is 148 Å². The van der Waals surface area contributed by atoms with Crippen LogP contribution in [0.1, 0.15) is 273 Å². The maximum atomic E-state index is 13.2. The smallest absolute Gasteiger partial charge is 0.226 e. The van der Waals surface area contributed by atoms with Gasteiger partial charge in [-0.2, -0.15) is 15.0 Å². The van der Waals surface area contributed by atoms with E-state index < -0.39 is 0 Å². The van der Waals surface area contributed by atoms with Gasteiger partial charge >= 0.3 is 0 Å². The summed E-state index contributed by atoms with van der Waals surface area (Å²) in [5.74, 6) is 6.49. The molecule has 608 valence electrons. The van der Waals surface area contributed by atoms with Crippen molar-refractivity contribution in [2.75, 3.05) is 116 Å². The topological polar surface area (TPSA) is 260 Å². The van der Waals surface area contributed by atoms with Crippen molar-refractivity contribution >= 4 is 68.7 Å². The summed E-state index contributed by atoms with van der Waals surface area (Å²) in [6, 6.07) is 2.44. The minimum atomic E-state index is -0.176. The van der Waals surface area contributed by atoms with Crippen LogP contribution >= 0.6 is 0 Å². The minimum absolute atomic E-state index is 0.160. The van der Waals surface area contributed by atoms with Crippen molar-refractivity contribution in [3.63, 3.8) is 0 Å². The van der Waals surface area contributed by atoms with Crippen molar-refractivity contribution in [1.82, 2.24) is 73.0 Å². The number of fused-ring (bicyclic) bond motifs is 3. The number of nitrogens with zero attached hydrogens (tertiary/aromatic N) is 15. The molecular formula is C87H134N18O6. The summed E-state index contributed by atoms with van der Waals surface area (Å²) in [5, 5.41) is 44.4. The van der Waals surface area contributed by atoms with Crippen molar-refractivity contribution in [2.45, 2.75) is 293 Å². The van der Waals surface area contributed by atoms with Crippen LogP contribution in [0.25, 0.3) is 33.1 Å². The second-order valence-corrected chi connectivity index (χ2v) is 36.4. The Kier molecular flexibility index (Phi) is 25.9. The van der Waals surface area contributed by atoms with Gasteiger partial charge in [0.25, 0.3) is 0 Å². The average molecular weight is 1530 g/mol. The minimum Gasteiger partial charge on any atom is -0.393 e. The van der Waals surface area contributed by atoms with Crippen LogP contribution in [-0.4, -0.2) is 242 Å². The molecule has 24 heteroatoms. The molecule has 0 radical (unpaired) electrons. The molecule has 6 aliphatic heterocycles. The number of amides is 3. The predicted molar refractivity (Wildman–Crippen MR) is 439 cm³/mol. The van der Waals surface area contributed by atoms with Crippen LogP contribution in [0.4, 0.5) is 17.8 Å². The van der Waals surface area contributed by atoms with E-state index in [1.165, 1.54) is 42.4 Å². The van der Waals surface area contributed by atoms with E-state index in [4.69, 9.17) is 29.9 Å². The molecule has 0 aromatic carbocycles. The van der Waals surface area contributed by atoms with Crippen LogP contribution < -0.4 is 16.0 Å². The summed E-state index contributed by atoms with van der Waals surface area (Å²) >= 11 is 0. The molecule has 8 atom stereocenters. The standard InChI is InChI=1S/2C29H44N6O2.C29H46N6O2/c2*1-3-19-15-26(19)31-29-30-16-24-25(18-35(27(24)32-29)22-6-8-23(36)9-7-22)20-10-13-34(14-11-20)28(37)21-5-4-12-33(2)17-21;1-4-6-20(2)31-29-30-17-25-26(19-35(27(25)32-29)23-8-10-24(36)11-9-23)21-12-15-34(16-13-21)28(37)22-7-5-14-33(3)18-22/h2*16,18-23,26,36H,3-15,17H2,1-2H3,(H,30,31,32);17,19-24,36H,4-16,18H2,1-3H3,(H,30,31,32)/t19-,21+,22?,23?,26-;19-,21-,22?,23?,26-;20-,22+,23?,24?/m100/s1. The van der Waals surface area contributed by atoms with E-state index in [2.05, 4.69) is 126 Å². The number of aliphatic hydroxyl groups is 3.